The van der Waals surface area contributed by atoms with Crippen molar-refractivity contribution in [2.24, 2.45) is 0 Å². The number of amides is 2. The van der Waals surface area contributed by atoms with Gasteiger partial charge >= 0.3 is 0 Å². The van der Waals surface area contributed by atoms with Crippen molar-refractivity contribution in [1.82, 2.24) is 10.2 Å². The first-order chi connectivity index (χ1) is 8.61. The highest BCUT2D eigenvalue weighted by Crippen LogP contribution is 2.17. The van der Waals surface area contributed by atoms with Crippen LogP contribution in [-0.2, 0) is 16.1 Å². The lowest BCUT2D eigenvalue weighted by molar-refractivity contribution is -0.138. The number of nitrogens with one attached hydrogen (secondary N) is 1. The summed E-state index contributed by atoms with van der Waals surface area (Å²) in [5.74, 6) is -0.128. The Morgan fingerprint density at radius 2 is 2.22 bits per heavy atom. The van der Waals surface area contributed by atoms with E-state index in [1.165, 1.54) is 14.7 Å². The summed E-state index contributed by atoms with van der Waals surface area (Å²) in [5.41, 5.74) is 0. The number of hydrogen-bond acceptors (Lipinski definition) is 4. The van der Waals surface area contributed by atoms with E-state index in [-0.39, 0.29) is 17.9 Å². The van der Waals surface area contributed by atoms with Crippen LogP contribution in [-0.4, -0.2) is 29.3 Å². The minimum Gasteiger partial charge on any atom is -0.300 e. The summed E-state index contributed by atoms with van der Waals surface area (Å²) in [6, 6.07) is 3.77. The average Bonchev–Trinajstić information content (AvgIpc) is 2.86. The number of carbonyl (C=O) groups excluding carboxylic acids is 2. The van der Waals surface area contributed by atoms with Crippen molar-refractivity contribution in [3.63, 3.8) is 0 Å². The summed E-state index contributed by atoms with van der Waals surface area (Å²) < 4.78 is 0. The highest BCUT2D eigenvalue weighted by atomic mass is 32.1. The van der Waals surface area contributed by atoms with Crippen molar-refractivity contribution in [3.8, 4) is 0 Å². The molecule has 0 aromatic carbocycles. The number of thiophene rings is 1. The summed E-state index contributed by atoms with van der Waals surface area (Å²) in [6.45, 7) is 5.22. The van der Waals surface area contributed by atoms with Crippen LogP contribution in [0.2, 0.25) is 0 Å². The molecule has 0 aliphatic carbocycles. The van der Waals surface area contributed by atoms with Crippen LogP contribution in [0.25, 0.3) is 0 Å². The molecule has 0 bridgehead atoms. The zero-order valence-corrected chi connectivity index (χ0v) is 11.5. The summed E-state index contributed by atoms with van der Waals surface area (Å²) in [4.78, 5) is 27.5. The fourth-order valence-corrected chi connectivity index (χ4v) is 2.95. The minimum atomic E-state index is -0.341. The molecular weight excluding hydrogens is 248 g/mol. The smallest absolute Gasteiger partial charge is 0.246 e. The molecule has 0 spiro atoms. The molecule has 1 aromatic rings. The van der Waals surface area contributed by atoms with Crippen molar-refractivity contribution in [3.05, 3.63) is 21.9 Å². The van der Waals surface area contributed by atoms with Gasteiger partial charge in [-0.05, 0) is 25.5 Å². The van der Waals surface area contributed by atoms with Gasteiger partial charge in [0.2, 0.25) is 11.8 Å². The van der Waals surface area contributed by atoms with Crippen LogP contribution in [0.3, 0.4) is 0 Å². The zero-order chi connectivity index (χ0) is 13.1. The number of carbonyl (C=O) groups is 2. The van der Waals surface area contributed by atoms with Gasteiger partial charge < -0.3 is 5.32 Å². The van der Waals surface area contributed by atoms with E-state index >= 15 is 0 Å². The van der Waals surface area contributed by atoms with Gasteiger partial charge in [0.25, 0.3) is 0 Å². The fraction of sp³-hybridized carbons (Fsp3) is 0.538. The van der Waals surface area contributed by atoms with E-state index < -0.39 is 0 Å². The average molecular weight is 266 g/mol. The first kappa shape index (κ1) is 13.2. The Kier molecular flexibility index (Phi) is 4.14. The zero-order valence-electron chi connectivity index (χ0n) is 10.7. The molecule has 1 unspecified atom stereocenters. The third kappa shape index (κ3) is 2.79. The predicted octanol–water partition coefficient (Wildman–Crippen LogP) is 1.68. The van der Waals surface area contributed by atoms with Crippen LogP contribution in [0.4, 0.5) is 0 Å². The molecule has 1 saturated heterocycles. The van der Waals surface area contributed by atoms with Gasteiger partial charge in [0.1, 0.15) is 0 Å². The number of nitrogens with zero attached hydrogens (tertiary/aromatic N) is 1. The lowest BCUT2D eigenvalue weighted by atomic mass is 10.2. The van der Waals surface area contributed by atoms with Crippen molar-refractivity contribution in [2.45, 2.75) is 39.3 Å². The minimum absolute atomic E-state index is 0.0540. The lowest BCUT2D eigenvalue weighted by Crippen LogP contribution is -2.38. The molecule has 4 nitrogen and oxygen atoms in total. The van der Waals surface area contributed by atoms with E-state index in [0.717, 1.165) is 6.42 Å². The fourth-order valence-electron chi connectivity index (χ4n) is 2.11. The topological polar surface area (TPSA) is 49.4 Å². The van der Waals surface area contributed by atoms with E-state index in [1.807, 2.05) is 6.92 Å². The predicted molar refractivity (Wildman–Crippen MR) is 71.3 cm³/mol. The van der Waals surface area contributed by atoms with E-state index in [2.05, 4.69) is 24.4 Å². The Morgan fingerprint density at radius 3 is 2.83 bits per heavy atom. The number of likely N-dealkylation sites (tertiary alicyclic amines) is 1. The second kappa shape index (κ2) is 5.63. The van der Waals surface area contributed by atoms with Gasteiger partial charge in [-0.2, -0.15) is 0 Å². The molecule has 1 aliphatic rings. The molecule has 0 saturated carbocycles. The van der Waals surface area contributed by atoms with Crippen LogP contribution in [0.15, 0.2) is 12.1 Å². The van der Waals surface area contributed by atoms with Gasteiger partial charge in [-0.3, -0.25) is 14.5 Å². The molecule has 2 rings (SSSR count). The molecule has 2 heterocycles. The number of rotatable bonds is 5. The molecule has 2 amide bonds. The molecule has 1 aromatic heterocycles. The van der Waals surface area contributed by atoms with Crippen LogP contribution >= 0.6 is 11.3 Å². The second-order valence-electron chi connectivity index (χ2n) is 4.53. The lowest BCUT2D eigenvalue weighted by Gasteiger charge is -2.13. The first-order valence-electron chi connectivity index (χ1n) is 6.24. The second-order valence-corrected chi connectivity index (χ2v) is 5.91. The summed E-state index contributed by atoms with van der Waals surface area (Å²) in [5, 5.41) is 3.18. The Labute approximate surface area is 111 Å². The molecule has 1 atom stereocenters. The van der Waals surface area contributed by atoms with Gasteiger partial charge in [-0.25, -0.2) is 0 Å². The number of imide groups is 1. The summed E-state index contributed by atoms with van der Waals surface area (Å²) in [6.07, 6.45) is 1.11. The van der Waals surface area contributed by atoms with Crippen molar-refractivity contribution >= 4 is 23.2 Å². The van der Waals surface area contributed by atoms with Gasteiger partial charge in [-0.1, -0.05) is 6.92 Å². The van der Waals surface area contributed by atoms with Crippen LogP contribution in [0, 0.1) is 6.92 Å². The quantitative estimate of drug-likeness (QED) is 0.825. The van der Waals surface area contributed by atoms with Crippen molar-refractivity contribution in [2.75, 3.05) is 6.54 Å². The molecule has 1 N–H and O–H groups in total. The van der Waals surface area contributed by atoms with Gasteiger partial charge in [-0.15, -0.1) is 11.3 Å². The Bertz CT molecular complexity index is 456. The Hall–Kier alpha value is -1.20. The molecule has 98 valence electrons. The van der Waals surface area contributed by atoms with Crippen molar-refractivity contribution < 1.29 is 9.59 Å². The maximum atomic E-state index is 12.0. The molecule has 18 heavy (non-hydrogen) atoms. The highest BCUT2D eigenvalue weighted by Gasteiger charge is 2.37. The molecule has 1 fully saturated rings. The van der Waals surface area contributed by atoms with Gasteiger partial charge in [0.05, 0.1) is 12.5 Å². The van der Waals surface area contributed by atoms with Crippen molar-refractivity contribution in [1.29, 1.82) is 0 Å². The summed E-state index contributed by atoms with van der Waals surface area (Å²) in [7, 11) is 0. The van der Waals surface area contributed by atoms with Crippen LogP contribution < -0.4 is 5.32 Å². The third-order valence-corrected chi connectivity index (χ3v) is 4.01. The SMILES string of the molecule is CCCN1C(=O)CC(NCc2ccc(C)s2)C1=O. The van der Waals surface area contributed by atoms with E-state index in [9.17, 15) is 9.59 Å². The normalized spacial score (nSPS) is 19.9. The molecular formula is C13H18N2O2S. The van der Waals surface area contributed by atoms with Crippen LogP contribution in [0.5, 0.6) is 0 Å². The molecule has 1 aliphatic heterocycles. The summed E-state index contributed by atoms with van der Waals surface area (Å²) >= 11 is 1.71. The Balaban J connectivity index is 1.91. The first-order valence-corrected chi connectivity index (χ1v) is 7.06. The maximum Gasteiger partial charge on any atom is 0.246 e. The van der Waals surface area contributed by atoms with E-state index in [1.54, 1.807) is 11.3 Å². The highest BCUT2D eigenvalue weighted by molar-refractivity contribution is 7.11. The maximum absolute atomic E-state index is 12.0. The van der Waals surface area contributed by atoms with Gasteiger partial charge in [0.15, 0.2) is 0 Å². The monoisotopic (exact) mass is 266 g/mol. The van der Waals surface area contributed by atoms with E-state index in [4.69, 9.17) is 0 Å². The molecule has 0 radical (unpaired) electrons. The molecule has 5 heteroatoms. The standard InChI is InChI=1S/C13H18N2O2S/c1-3-6-15-12(16)7-11(13(15)17)14-8-10-5-4-9(2)18-10/h4-5,11,14H,3,6-8H2,1-2H3. The Morgan fingerprint density at radius 1 is 1.44 bits per heavy atom. The number of aryl methyl sites for hydroxylation is 1. The largest absolute Gasteiger partial charge is 0.300 e. The van der Waals surface area contributed by atoms with Gasteiger partial charge in [0, 0.05) is 22.8 Å². The number of hydrogen-bond donors (Lipinski definition) is 1. The van der Waals surface area contributed by atoms with E-state index in [0.29, 0.717) is 19.5 Å². The third-order valence-electron chi connectivity index (χ3n) is 3.01. The van der Waals surface area contributed by atoms with Crippen LogP contribution in [0.1, 0.15) is 29.5 Å².